The molecule has 3 aromatic rings. The van der Waals surface area contributed by atoms with Gasteiger partial charge in [-0.2, -0.15) is 30.7 Å². The van der Waals surface area contributed by atoms with Crippen molar-refractivity contribution in [2.45, 2.75) is 60.9 Å². The van der Waals surface area contributed by atoms with E-state index in [-0.39, 0.29) is 34.9 Å². The Hall–Kier alpha value is -4.06. The molecule has 2 aromatic carbocycles. The van der Waals surface area contributed by atoms with E-state index in [4.69, 9.17) is 0 Å². The van der Waals surface area contributed by atoms with Crippen LogP contribution < -0.4 is 9.62 Å². The third-order valence-corrected chi connectivity index (χ3v) is 13.1. The largest absolute Gasteiger partial charge is 0.474 e. The van der Waals surface area contributed by atoms with Crippen LogP contribution in [0.15, 0.2) is 70.1 Å². The SMILES string of the molecule is O=C(NCc1ncccc1C(F)(F)F)c1ccc2c(c1)C1(CCS(=O)(=NC(=O)C(F)(F)F)CC1)C(C1CC1)N2S(=O)(=O)c1ccc(F)cc1. The molecule has 3 aliphatic rings. The minimum absolute atomic E-state index is 0.0542. The van der Waals surface area contributed by atoms with Gasteiger partial charge in [-0.25, -0.2) is 17.0 Å². The first-order chi connectivity index (χ1) is 22.9. The van der Waals surface area contributed by atoms with E-state index >= 15 is 0 Å². The lowest BCUT2D eigenvalue weighted by Crippen LogP contribution is -2.52. The third-order valence-electron chi connectivity index (χ3n) is 9.13. The molecular weight excluding hydrogens is 705 g/mol. The summed E-state index contributed by atoms with van der Waals surface area (Å²) >= 11 is 0. The van der Waals surface area contributed by atoms with Gasteiger partial charge in [0.15, 0.2) is 0 Å². The molecular formula is C31H27F7N4O5S2. The van der Waals surface area contributed by atoms with Gasteiger partial charge in [0, 0.05) is 28.7 Å². The standard InChI is InChI=1S/C31H27F7N4O5S2/c32-20-6-8-21(9-7-20)49(46,47)42-25-10-5-19(27(43)40-17-24-22(30(33,34)35)2-1-13-39-24)16-23(25)29(26(42)18-3-4-18)11-14-48(45,15-12-29)41-28(44)31(36,37)38/h1-2,5-10,13,16,18,26H,3-4,11-12,14-15,17H2,(H,40,43). The van der Waals surface area contributed by atoms with Gasteiger partial charge in [0.1, 0.15) is 5.82 Å². The number of anilines is 1. The summed E-state index contributed by atoms with van der Waals surface area (Å²) in [6, 6.07) is 9.22. The zero-order valence-electron chi connectivity index (χ0n) is 25.2. The molecule has 2 aliphatic heterocycles. The number of halogens is 7. The first kappa shape index (κ1) is 34.8. The molecule has 1 aromatic heterocycles. The number of nitrogens with zero attached hydrogens (tertiary/aromatic N) is 3. The lowest BCUT2D eigenvalue weighted by atomic mass is 9.70. The molecule has 18 heteroatoms. The highest BCUT2D eigenvalue weighted by Crippen LogP contribution is 2.59. The quantitative estimate of drug-likeness (QED) is 0.322. The molecule has 1 aliphatic carbocycles. The average molecular weight is 733 g/mol. The maximum Gasteiger partial charge on any atom is 0.474 e. The molecule has 6 rings (SSSR count). The number of benzene rings is 2. The number of nitrogens with one attached hydrogen (secondary N) is 1. The lowest BCUT2D eigenvalue weighted by Gasteiger charge is -2.42. The number of carbonyl (C=O) groups excluding carboxylic acids is 2. The number of sulfonamides is 1. The van der Waals surface area contributed by atoms with Gasteiger partial charge in [0.2, 0.25) is 0 Å². The van der Waals surface area contributed by atoms with E-state index in [0.717, 1.165) is 42.6 Å². The Kier molecular flexibility index (Phi) is 8.57. The van der Waals surface area contributed by atoms with Crippen molar-refractivity contribution in [3.63, 3.8) is 0 Å². The Morgan fingerprint density at radius 2 is 1.65 bits per heavy atom. The van der Waals surface area contributed by atoms with Crippen molar-refractivity contribution >= 4 is 37.3 Å². The maximum absolute atomic E-state index is 14.2. The van der Waals surface area contributed by atoms with E-state index in [1.54, 1.807) is 0 Å². The number of fused-ring (bicyclic) bond motifs is 2. The summed E-state index contributed by atoms with van der Waals surface area (Å²) in [6.45, 7) is -0.594. The number of amides is 2. The summed E-state index contributed by atoms with van der Waals surface area (Å²) in [7, 11) is -8.10. The van der Waals surface area contributed by atoms with Crippen LogP contribution >= 0.6 is 0 Å². The monoisotopic (exact) mass is 732 g/mol. The van der Waals surface area contributed by atoms with Gasteiger partial charge in [-0.05, 0) is 91.8 Å². The lowest BCUT2D eigenvalue weighted by molar-refractivity contribution is -0.169. The Labute approximate surface area is 276 Å². The molecule has 0 radical (unpaired) electrons. The van der Waals surface area contributed by atoms with Crippen molar-refractivity contribution in [2.24, 2.45) is 10.3 Å². The second-order valence-corrected chi connectivity index (χ2v) is 16.5. The van der Waals surface area contributed by atoms with E-state index in [1.165, 1.54) is 22.5 Å². The van der Waals surface area contributed by atoms with E-state index < -0.39 is 90.5 Å². The molecule has 1 atom stereocenters. The highest BCUT2D eigenvalue weighted by atomic mass is 32.2. The predicted molar refractivity (Wildman–Crippen MR) is 162 cm³/mol. The number of rotatable bonds is 6. The van der Waals surface area contributed by atoms with Gasteiger partial charge >= 0.3 is 18.3 Å². The number of alkyl halides is 6. The molecule has 0 bridgehead atoms. The van der Waals surface area contributed by atoms with Gasteiger partial charge in [0.25, 0.3) is 15.9 Å². The van der Waals surface area contributed by atoms with Gasteiger partial charge < -0.3 is 5.32 Å². The van der Waals surface area contributed by atoms with Gasteiger partial charge in [-0.3, -0.25) is 18.9 Å². The van der Waals surface area contributed by atoms with Crippen molar-refractivity contribution in [3.8, 4) is 0 Å². The Balaban J connectivity index is 1.42. The topological polar surface area (TPSA) is 126 Å². The summed E-state index contributed by atoms with van der Waals surface area (Å²) in [5.74, 6) is -5.17. The van der Waals surface area contributed by atoms with E-state index in [0.29, 0.717) is 18.4 Å². The van der Waals surface area contributed by atoms with Crippen LogP contribution in [0.1, 0.15) is 52.9 Å². The number of hydrogen-bond donors (Lipinski definition) is 1. The molecule has 1 N–H and O–H groups in total. The fraction of sp³-hybridized carbons (Fsp3) is 0.387. The van der Waals surface area contributed by atoms with Crippen molar-refractivity contribution in [1.82, 2.24) is 10.3 Å². The van der Waals surface area contributed by atoms with Gasteiger partial charge in [-0.15, -0.1) is 0 Å². The summed E-state index contributed by atoms with van der Waals surface area (Å²) < 4.78 is 139. The Morgan fingerprint density at radius 3 is 2.24 bits per heavy atom. The van der Waals surface area contributed by atoms with Crippen LogP contribution in [0.3, 0.4) is 0 Å². The minimum Gasteiger partial charge on any atom is -0.346 e. The van der Waals surface area contributed by atoms with Crippen molar-refractivity contribution in [3.05, 3.63) is 89.0 Å². The van der Waals surface area contributed by atoms with Gasteiger partial charge in [0.05, 0.1) is 44.2 Å². The van der Waals surface area contributed by atoms with E-state index in [2.05, 4.69) is 14.7 Å². The molecule has 2 fully saturated rings. The van der Waals surface area contributed by atoms with Crippen molar-refractivity contribution in [1.29, 1.82) is 0 Å². The normalized spacial score (nSPS) is 24.1. The number of hydrogen-bond acceptors (Lipinski definition) is 6. The predicted octanol–water partition coefficient (Wildman–Crippen LogP) is 5.75. The van der Waals surface area contributed by atoms with Crippen LogP contribution in [0, 0.1) is 11.7 Å². The van der Waals surface area contributed by atoms with Gasteiger partial charge in [-0.1, -0.05) is 0 Å². The summed E-state index contributed by atoms with van der Waals surface area (Å²) in [4.78, 5) is 28.5. The summed E-state index contributed by atoms with van der Waals surface area (Å²) in [6.07, 6.45) is -8.07. The number of pyridine rings is 1. The van der Waals surface area contributed by atoms with Crippen LogP contribution in [-0.2, 0) is 42.7 Å². The molecule has 49 heavy (non-hydrogen) atoms. The molecule has 1 spiro atoms. The molecule has 9 nitrogen and oxygen atoms in total. The van der Waals surface area contributed by atoms with E-state index in [9.17, 15) is 52.9 Å². The van der Waals surface area contributed by atoms with Crippen LogP contribution in [0.5, 0.6) is 0 Å². The van der Waals surface area contributed by atoms with Crippen LogP contribution in [0.25, 0.3) is 0 Å². The first-order valence-electron chi connectivity index (χ1n) is 14.9. The summed E-state index contributed by atoms with van der Waals surface area (Å²) in [5, 5.41) is 2.40. The molecule has 2 amide bonds. The average Bonchev–Trinajstić information content (AvgIpc) is 3.83. The van der Waals surface area contributed by atoms with E-state index in [1.807, 2.05) is 0 Å². The van der Waals surface area contributed by atoms with Crippen molar-refractivity contribution < 1.29 is 52.9 Å². The highest BCUT2D eigenvalue weighted by Gasteiger charge is 2.60. The molecule has 1 unspecified atom stereocenters. The number of aromatic nitrogens is 1. The molecule has 3 heterocycles. The van der Waals surface area contributed by atoms with Crippen LogP contribution in [0.4, 0.5) is 36.4 Å². The number of carbonyl (C=O) groups is 2. The van der Waals surface area contributed by atoms with Crippen LogP contribution in [0.2, 0.25) is 0 Å². The zero-order valence-corrected chi connectivity index (χ0v) is 26.9. The minimum atomic E-state index is -5.34. The van der Waals surface area contributed by atoms with Crippen LogP contribution in [-0.4, -0.2) is 53.1 Å². The Bertz CT molecular complexity index is 2040. The second-order valence-electron chi connectivity index (χ2n) is 12.2. The molecule has 262 valence electrons. The summed E-state index contributed by atoms with van der Waals surface area (Å²) in [5.41, 5.74) is -2.29. The molecule has 1 saturated heterocycles. The fourth-order valence-corrected chi connectivity index (χ4v) is 10.7. The first-order valence-corrected chi connectivity index (χ1v) is 18.2. The highest BCUT2D eigenvalue weighted by molar-refractivity contribution is 7.94. The Morgan fingerprint density at radius 1 is 1.00 bits per heavy atom. The maximum atomic E-state index is 14.2. The smallest absolute Gasteiger partial charge is 0.346 e. The molecule has 1 saturated carbocycles. The van der Waals surface area contributed by atoms with Crippen molar-refractivity contribution in [2.75, 3.05) is 15.8 Å². The zero-order chi connectivity index (χ0) is 35.6. The third kappa shape index (κ3) is 6.51. The fourth-order valence-electron chi connectivity index (χ4n) is 6.73. The second kappa shape index (κ2) is 12.1.